The van der Waals surface area contributed by atoms with Gasteiger partial charge in [0.1, 0.15) is 6.73 Å². The van der Waals surface area contributed by atoms with Gasteiger partial charge in [0.2, 0.25) is 0 Å². The van der Waals surface area contributed by atoms with Crippen molar-refractivity contribution in [1.29, 1.82) is 0 Å². The van der Waals surface area contributed by atoms with Crippen molar-refractivity contribution in [2.45, 2.75) is 50.3 Å². The summed E-state index contributed by atoms with van der Waals surface area (Å²) in [4.78, 5) is -0.224. The number of hydrogen-bond donors (Lipinski definition) is 0. The van der Waals surface area contributed by atoms with E-state index < -0.39 is 19.8 Å². The topological polar surface area (TPSA) is 27.1 Å². The van der Waals surface area contributed by atoms with Gasteiger partial charge in [-0.15, -0.1) is 14.1 Å². The van der Waals surface area contributed by atoms with E-state index in [4.69, 9.17) is 4.74 Å². The zero-order valence-corrected chi connectivity index (χ0v) is 16.8. The Labute approximate surface area is 149 Å². The average molecular weight is 423 g/mol. The van der Waals surface area contributed by atoms with Crippen molar-refractivity contribution in [1.82, 2.24) is 9.78 Å². The maximum absolute atomic E-state index is 13.1. The van der Waals surface area contributed by atoms with Crippen LogP contribution in [0.25, 0.3) is 10.9 Å². The summed E-state index contributed by atoms with van der Waals surface area (Å²) < 4.78 is 46.4. The fourth-order valence-electron chi connectivity index (χ4n) is 2.28. The minimum atomic E-state index is -4.37. The van der Waals surface area contributed by atoms with E-state index in [1.165, 1.54) is 0 Å². The second-order valence-electron chi connectivity index (χ2n) is 7.13. The normalized spacial score (nSPS) is 14.3. The van der Waals surface area contributed by atoms with E-state index in [0.29, 0.717) is 23.1 Å². The van der Waals surface area contributed by atoms with Crippen LogP contribution in [0.15, 0.2) is 18.3 Å². The van der Waals surface area contributed by atoms with Crippen LogP contribution >= 0.6 is 15.9 Å². The van der Waals surface area contributed by atoms with Crippen molar-refractivity contribution in [3.8, 4) is 0 Å². The Morgan fingerprint density at radius 2 is 1.96 bits per heavy atom. The van der Waals surface area contributed by atoms with Gasteiger partial charge in [-0.2, -0.15) is 37.9 Å². The number of nitrogens with zero attached hydrogens (tertiary/aromatic N) is 2. The lowest BCUT2D eigenvalue weighted by molar-refractivity contribution is -0.137. The van der Waals surface area contributed by atoms with Crippen LogP contribution in [0.1, 0.15) is 22.9 Å². The van der Waals surface area contributed by atoms with Gasteiger partial charge in [-0.05, 0) is 24.6 Å². The van der Waals surface area contributed by atoms with Gasteiger partial charge in [0.25, 0.3) is 0 Å². The molecule has 8 heteroatoms. The van der Waals surface area contributed by atoms with Gasteiger partial charge in [-0.1, -0.05) is 15.9 Å². The molecule has 0 aliphatic heterocycles. The molecule has 3 nitrogen and oxygen atoms in total. The quantitative estimate of drug-likeness (QED) is 0.332. The van der Waals surface area contributed by atoms with E-state index in [9.17, 15) is 13.2 Å². The predicted octanol–water partition coefficient (Wildman–Crippen LogP) is 5.82. The molecule has 0 aliphatic rings. The predicted molar refractivity (Wildman–Crippen MR) is 96.2 cm³/mol. The summed E-state index contributed by atoms with van der Waals surface area (Å²) in [6.07, 6.45) is -2.77. The maximum Gasteiger partial charge on any atom is 0.416 e. The van der Waals surface area contributed by atoms with E-state index in [0.717, 1.165) is 18.2 Å². The van der Waals surface area contributed by atoms with Crippen molar-refractivity contribution in [2.24, 2.45) is 0 Å². The SMILES string of the molecule is CC(Br)c1cc(C(F)(F)F)cc2cn(COCC[Si-](C)(C)C)nc12. The average Bonchev–Trinajstić information content (AvgIpc) is 2.82. The number of aromatic nitrogens is 2. The minimum Gasteiger partial charge on any atom is -0.362 e. The summed E-state index contributed by atoms with van der Waals surface area (Å²) >= 11 is 3.36. The molecule has 0 amide bonds. The molecule has 0 N–H and O–H groups in total. The summed E-state index contributed by atoms with van der Waals surface area (Å²) in [5.74, 6) is 0. The highest BCUT2D eigenvalue weighted by atomic mass is 79.9. The molecule has 2 rings (SSSR count). The lowest BCUT2D eigenvalue weighted by Crippen LogP contribution is -2.22. The third kappa shape index (κ3) is 5.06. The van der Waals surface area contributed by atoms with Crippen LogP contribution in [0.4, 0.5) is 13.2 Å². The molecule has 2 aromatic rings. The first kappa shape index (κ1) is 19.5. The van der Waals surface area contributed by atoms with Crippen molar-refractivity contribution in [3.05, 3.63) is 29.5 Å². The number of halogens is 4. The minimum absolute atomic E-state index is 0.224. The van der Waals surface area contributed by atoms with Gasteiger partial charge in [0, 0.05) is 23.0 Å². The van der Waals surface area contributed by atoms with Crippen LogP contribution in [0.2, 0.25) is 25.7 Å². The van der Waals surface area contributed by atoms with Crippen LogP contribution in [0, 0.1) is 0 Å². The highest BCUT2D eigenvalue weighted by Crippen LogP contribution is 2.36. The standard InChI is InChI=1S/C16H22BrF3N2OSi/c1-11(17)14-8-13(16(18,19)20)7-12-9-22(21-15(12)14)10-23-5-6-24(2,3)4/h7-9,11H,5-6,10H2,1-4H3/q-1. The highest BCUT2D eigenvalue weighted by molar-refractivity contribution is 9.09. The van der Waals surface area contributed by atoms with E-state index in [2.05, 4.69) is 40.7 Å². The van der Waals surface area contributed by atoms with E-state index in [1.54, 1.807) is 17.8 Å². The second kappa shape index (κ2) is 7.17. The van der Waals surface area contributed by atoms with Crippen molar-refractivity contribution < 1.29 is 17.9 Å². The van der Waals surface area contributed by atoms with E-state index in [1.807, 2.05) is 0 Å². The molecule has 0 fully saturated rings. The Morgan fingerprint density at radius 3 is 2.50 bits per heavy atom. The Kier molecular flexibility index (Phi) is 5.82. The molecule has 1 aromatic carbocycles. The van der Waals surface area contributed by atoms with Crippen LogP contribution in [-0.2, 0) is 17.6 Å². The largest absolute Gasteiger partial charge is 0.416 e. The van der Waals surface area contributed by atoms with Crippen molar-refractivity contribution in [3.63, 3.8) is 0 Å². The number of rotatable bonds is 6. The monoisotopic (exact) mass is 422 g/mol. The van der Waals surface area contributed by atoms with Crippen LogP contribution in [-0.4, -0.2) is 24.5 Å². The molecular weight excluding hydrogens is 401 g/mol. The Morgan fingerprint density at radius 1 is 1.29 bits per heavy atom. The van der Waals surface area contributed by atoms with Gasteiger partial charge in [0.15, 0.2) is 0 Å². The molecule has 0 radical (unpaired) electrons. The summed E-state index contributed by atoms with van der Waals surface area (Å²) in [7, 11) is -1.17. The second-order valence-corrected chi connectivity index (χ2v) is 14.1. The molecule has 0 bridgehead atoms. The van der Waals surface area contributed by atoms with Crippen LogP contribution in [0.5, 0.6) is 0 Å². The summed E-state index contributed by atoms with van der Waals surface area (Å²) in [5, 5.41) is 4.87. The smallest absolute Gasteiger partial charge is 0.362 e. The Balaban J connectivity index is 2.24. The summed E-state index contributed by atoms with van der Waals surface area (Å²) in [6, 6.07) is 3.33. The fraction of sp³-hybridized carbons (Fsp3) is 0.562. The van der Waals surface area contributed by atoms with Crippen molar-refractivity contribution in [2.75, 3.05) is 6.61 Å². The fourth-order valence-corrected chi connectivity index (χ4v) is 3.39. The lowest BCUT2D eigenvalue weighted by atomic mass is 10.0. The first-order chi connectivity index (χ1) is 11.0. The molecule has 24 heavy (non-hydrogen) atoms. The zero-order valence-electron chi connectivity index (χ0n) is 14.2. The Hall–Kier alpha value is -0.863. The number of benzene rings is 1. The molecular formula is C16H22BrF3N2OSi-. The number of hydrogen-bond acceptors (Lipinski definition) is 2. The van der Waals surface area contributed by atoms with Gasteiger partial charge in [-0.25, -0.2) is 4.68 Å². The van der Waals surface area contributed by atoms with Gasteiger partial charge >= 0.3 is 6.18 Å². The molecule has 0 spiro atoms. The Bertz CT molecular complexity index is 708. The first-order valence-corrected chi connectivity index (χ1v) is 12.4. The van der Waals surface area contributed by atoms with Crippen LogP contribution < -0.4 is 0 Å². The molecule has 135 valence electrons. The third-order valence-electron chi connectivity index (χ3n) is 3.66. The molecule has 0 saturated carbocycles. The number of ether oxygens (including phenoxy) is 1. The third-order valence-corrected chi connectivity index (χ3v) is 5.86. The zero-order chi connectivity index (χ0) is 18.1. The van der Waals surface area contributed by atoms with Crippen molar-refractivity contribution >= 4 is 34.9 Å². The molecule has 1 unspecified atom stereocenters. The number of alkyl halides is 4. The molecule has 0 aliphatic carbocycles. The van der Waals surface area contributed by atoms with E-state index >= 15 is 0 Å². The molecule has 1 aromatic heterocycles. The van der Waals surface area contributed by atoms with Gasteiger partial charge in [-0.3, -0.25) is 0 Å². The van der Waals surface area contributed by atoms with Crippen LogP contribution in [0.3, 0.4) is 0 Å². The lowest BCUT2D eigenvalue weighted by Gasteiger charge is -2.26. The molecule has 1 atom stereocenters. The molecule has 0 saturated heterocycles. The molecule has 1 heterocycles. The first-order valence-electron chi connectivity index (χ1n) is 7.77. The van der Waals surface area contributed by atoms with Gasteiger partial charge in [0.05, 0.1) is 11.1 Å². The van der Waals surface area contributed by atoms with E-state index in [-0.39, 0.29) is 11.6 Å². The summed E-state index contributed by atoms with van der Waals surface area (Å²) in [6.45, 7) is 9.47. The summed E-state index contributed by atoms with van der Waals surface area (Å²) in [5.41, 5.74) is 0.442. The highest BCUT2D eigenvalue weighted by Gasteiger charge is 2.32. The van der Waals surface area contributed by atoms with Gasteiger partial charge < -0.3 is 4.74 Å². The number of fused-ring (bicyclic) bond motifs is 1. The maximum atomic E-state index is 13.1.